The van der Waals surface area contributed by atoms with E-state index in [1.54, 1.807) is 6.07 Å². The molecule has 1 saturated carbocycles. The van der Waals surface area contributed by atoms with Crippen molar-refractivity contribution in [3.05, 3.63) is 21.5 Å². The number of halogens is 1. The standard InChI is InChI=1S/C11H14INO2/c12-9-6-10(11(14)15)13(7-9)5-4-8-2-1-3-8/h6-8H,1-5H2,(H,14,15). The van der Waals surface area contributed by atoms with Crippen LogP contribution in [0.4, 0.5) is 0 Å². The minimum absolute atomic E-state index is 0.415. The summed E-state index contributed by atoms with van der Waals surface area (Å²) in [5.41, 5.74) is 0.415. The van der Waals surface area contributed by atoms with Crippen LogP contribution in [0.2, 0.25) is 0 Å². The fourth-order valence-electron chi connectivity index (χ4n) is 1.94. The summed E-state index contributed by atoms with van der Waals surface area (Å²) in [7, 11) is 0. The van der Waals surface area contributed by atoms with Crippen molar-refractivity contribution in [3.8, 4) is 0 Å². The third kappa shape index (κ3) is 2.53. The molecule has 82 valence electrons. The van der Waals surface area contributed by atoms with Gasteiger partial charge in [0.25, 0.3) is 0 Å². The number of hydrogen-bond donors (Lipinski definition) is 1. The number of aryl methyl sites for hydroxylation is 1. The zero-order valence-corrected chi connectivity index (χ0v) is 10.6. The van der Waals surface area contributed by atoms with Gasteiger partial charge < -0.3 is 9.67 Å². The van der Waals surface area contributed by atoms with Crippen molar-refractivity contribution in [3.63, 3.8) is 0 Å². The molecule has 3 nitrogen and oxygen atoms in total. The van der Waals surface area contributed by atoms with Gasteiger partial charge in [0, 0.05) is 16.3 Å². The van der Waals surface area contributed by atoms with E-state index in [1.807, 2.05) is 10.8 Å². The van der Waals surface area contributed by atoms with E-state index < -0.39 is 5.97 Å². The molecule has 0 radical (unpaired) electrons. The second-order valence-electron chi connectivity index (χ2n) is 4.13. The van der Waals surface area contributed by atoms with E-state index >= 15 is 0 Å². The van der Waals surface area contributed by atoms with Crippen LogP contribution in [0.5, 0.6) is 0 Å². The van der Waals surface area contributed by atoms with Crippen LogP contribution >= 0.6 is 22.6 Å². The van der Waals surface area contributed by atoms with Crippen LogP contribution < -0.4 is 0 Å². The van der Waals surface area contributed by atoms with Crippen LogP contribution in [0.1, 0.15) is 36.2 Å². The topological polar surface area (TPSA) is 42.2 Å². The second kappa shape index (κ2) is 4.55. The largest absolute Gasteiger partial charge is 0.477 e. The molecule has 1 N–H and O–H groups in total. The molecule has 0 aliphatic heterocycles. The fraction of sp³-hybridized carbons (Fsp3) is 0.545. The van der Waals surface area contributed by atoms with E-state index in [9.17, 15) is 4.79 Å². The first-order chi connectivity index (χ1) is 7.16. The van der Waals surface area contributed by atoms with Crippen molar-refractivity contribution in [1.82, 2.24) is 4.57 Å². The quantitative estimate of drug-likeness (QED) is 0.867. The summed E-state index contributed by atoms with van der Waals surface area (Å²) < 4.78 is 2.86. The number of carboxylic acid groups (broad SMARTS) is 1. The van der Waals surface area contributed by atoms with Crippen molar-refractivity contribution < 1.29 is 9.90 Å². The Morgan fingerprint density at radius 3 is 2.87 bits per heavy atom. The average Bonchev–Trinajstić information content (AvgIpc) is 2.44. The van der Waals surface area contributed by atoms with Crippen LogP contribution in [0.3, 0.4) is 0 Å². The van der Waals surface area contributed by atoms with Crippen molar-refractivity contribution in [2.24, 2.45) is 5.92 Å². The molecule has 0 bridgehead atoms. The molecule has 0 aromatic carbocycles. The summed E-state index contributed by atoms with van der Waals surface area (Å²) in [6, 6.07) is 1.73. The van der Waals surface area contributed by atoms with Gasteiger partial charge in [-0.15, -0.1) is 0 Å². The fourth-order valence-corrected chi connectivity index (χ4v) is 2.57. The van der Waals surface area contributed by atoms with Gasteiger partial charge in [0.05, 0.1) is 0 Å². The molecule has 0 saturated heterocycles. The summed E-state index contributed by atoms with van der Waals surface area (Å²) in [5.74, 6) is -0.00164. The van der Waals surface area contributed by atoms with Gasteiger partial charge in [0.1, 0.15) is 5.69 Å². The van der Waals surface area contributed by atoms with Gasteiger partial charge >= 0.3 is 5.97 Å². The van der Waals surface area contributed by atoms with E-state index in [1.165, 1.54) is 19.3 Å². The van der Waals surface area contributed by atoms with E-state index in [4.69, 9.17) is 5.11 Å². The Balaban J connectivity index is 2.02. The number of hydrogen-bond acceptors (Lipinski definition) is 1. The van der Waals surface area contributed by atoms with Gasteiger partial charge in [0.2, 0.25) is 0 Å². The van der Waals surface area contributed by atoms with E-state index in [2.05, 4.69) is 22.6 Å². The average molecular weight is 319 g/mol. The second-order valence-corrected chi connectivity index (χ2v) is 5.37. The van der Waals surface area contributed by atoms with Gasteiger partial charge in [-0.1, -0.05) is 19.3 Å². The summed E-state index contributed by atoms with van der Waals surface area (Å²) >= 11 is 2.16. The molecule has 1 aliphatic rings. The molecular formula is C11H14INO2. The molecule has 1 aliphatic carbocycles. The van der Waals surface area contributed by atoms with Crippen LogP contribution in [-0.4, -0.2) is 15.6 Å². The van der Waals surface area contributed by atoms with Crippen LogP contribution in [0, 0.1) is 9.49 Å². The summed E-state index contributed by atoms with van der Waals surface area (Å²) in [5, 5.41) is 8.99. The lowest BCUT2D eigenvalue weighted by molar-refractivity contribution is 0.0684. The highest BCUT2D eigenvalue weighted by molar-refractivity contribution is 14.1. The number of carboxylic acids is 1. The maximum Gasteiger partial charge on any atom is 0.352 e. The van der Waals surface area contributed by atoms with Crippen molar-refractivity contribution in [1.29, 1.82) is 0 Å². The highest BCUT2D eigenvalue weighted by atomic mass is 127. The molecule has 0 spiro atoms. The Morgan fingerprint density at radius 2 is 2.33 bits per heavy atom. The first-order valence-corrected chi connectivity index (χ1v) is 6.33. The lowest BCUT2D eigenvalue weighted by atomic mass is 9.83. The molecule has 15 heavy (non-hydrogen) atoms. The smallest absolute Gasteiger partial charge is 0.352 e. The highest BCUT2D eigenvalue weighted by Gasteiger charge is 2.18. The Labute approximate surface area is 103 Å². The molecule has 0 amide bonds. The van der Waals surface area contributed by atoms with Crippen LogP contribution in [0.25, 0.3) is 0 Å². The van der Waals surface area contributed by atoms with E-state index in [-0.39, 0.29) is 0 Å². The number of aromatic carboxylic acids is 1. The Bertz CT molecular complexity index is 369. The Morgan fingerprint density at radius 1 is 1.60 bits per heavy atom. The Hall–Kier alpha value is -0.520. The molecule has 1 aromatic rings. The zero-order valence-electron chi connectivity index (χ0n) is 8.45. The first kappa shape index (κ1) is 11.0. The maximum atomic E-state index is 10.9. The summed E-state index contributed by atoms with van der Waals surface area (Å²) in [6.07, 6.45) is 7.02. The predicted octanol–water partition coefficient (Wildman–Crippen LogP) is 2.98. The first-order valence-electron chi connectivity index (χ1n) is 5.26. The van der Waals surface area contributed by atoms with Crippen molar-refractivity contribution >= 4 is 28.6 Å². The number of rotatable bonds is 4. The Kier molecular flexibility index (Phi) is 3.33. The highest BCUT2D eigenvalue weighted by Crippen LogP contribution is 2.30. The van der Waals surface area contributed by atoms with Gasteiger partial charge in [-0.25, -0.2) is 4.79 Å². The predicted molar refractivity (Wildman–Crippen MR) is 66.1 cm³/mol. The SMILES string of the molecule is O=C(O)c1cc(I)cn1CCC1CCC1. The maximum absolute atomic E-state index is 10.9. The molecule has 2 rings (SSSR count). The monoisotopic (exact) mass is 319 g/mol. The lowest BCUT2D eigenvalue weighted by Crippen LogP contribution is -2.15. The minimum Gasteiger partial charge on any atom is -0.477 e. The van der Waals surface area contributed by atoms with E-state index in [0.29, 0.717) is 5.69 Å². The number of aromatic nitrogens is 1. The van der Waals surface area contributed by atoms with Gasteiger partial charge in [-0.05, 0) is 41.0 Å². The van der Waals surface area contributed by atoms with Crippen molar-refractivity contribution in [2.45, 2.75) is 32.2 Å². The molecule has 1 aromatic heterocycles. The van der Waals surface area contributed by atoms with Gasteiger partial charge in [0.15, 0.2) is 0 Å². The zero-order chi connectivity index (χ0) is 10.8. The molecule has 0 unspecified atom stereocenters. The minimum atomic E-state index is -0.827. The number of nitrogens with zero attached hydrogens (tertiary/aromatic N) is 1. The van der Waals surface area contributed by atoms with Gasteiger partial charge in [-0.2, -0.15) is 0 Å². The molecule has 1 heterocycles. The lowest BCUT2D eigenvalue weighted by Gasteiger charge is -2.25. The molecule has 4 heteroatoms. The van der Waals surface area contributed by atoms with E-state index in [0.717, 1.165) is 22.5 Å². The van der Waals surface area contributed by atoms with Crippen LogP contribution in [0.15, 0.2) is 12.3 Å². The molecular weight excluding hydrogens is 305 g/mol. The normalized spacial score (nSPS) is 16.3. The van der Waals surface area contributed by atoms with Gasteiger partial charge in [-0.3, -0.25) is 0 Å². The third-order valence-corrected chi connectivity index (χ3v) is 3.68. The summed E-state index contributed by atoms with van der Waals surface area (Å²) in [4.78, 5) is 10.9. The van der Waals surface area contributed by atoms with Crippen LogP contribution in [-0.2, 0) is 6.54 Å². The summed E-state index contributed by atoms with van der Waals surface area (Å²) in [6.45, 7) is 0.843. The molecule has 0 atom stereocenters. The number of carbonyl (C=O) groups is 1. The van der Waals surface area contributed by atoms with Crippen molar-refractivity contribution in [2.75, 3.05) is 0 Å². The third-order valence-electron chi connectivity index (χ3n) is 3.09. The molecule has 1 fully saturated rings.